The summed E-state index contributed by atoms with van der Waals surface area (Å²) in [5.74, 6) is -1.60. The summed E-state index contributed by atoms with van der Waals surface area (Å²) in [6.45, 7) is 1.42. The van der Waals surface area contributed by atoms with Gasteiger partial charge in [0.15, 0.2) is 5.82 Å². The van der Waals surface area contributed by atoms with Crippen LogP contribution < -0.4 is 5.32 Å². The lowest BCUT2D eigenvalue weighted by Crippen LogP contribution is -2.51. The van der Waals surface area contributed by atoms with Gasteiger partial charge < -0.3 is 29.3 Å². The van der Waals surface area contributed by atoms with Gasteiger partial charge in [0, 0.05) is 53.3 Å². The van der Waals surface area contributed by atoms with Crippen molar-refractivity contribution in [2.45, 2.75) is 56.9 Å². The van der Waals surface area contributed by atoms with Gasteiger partial charge in [0.25, 0.3) is 11.4 Å². The minimum absolute atomic E-state index is 0.0346. The van der Waals surface area contributed by atoms with E-state index in [2.05, 4.69) is 15.5 Å². The number of carbonyl (C=O) groups is 4. The van der Waals surface area contributed by atoms with Gasteiger partial charge in [-0.15, -0.1) is 11.8 Å². The normalized spacial score (nSPS) is 20.8. The van der Waals surface area contributed by atoms with Crippen molar-refractivity contribution in [3.8, 4) is 0 Å². The number of carboxylic acids is 1. The molecule has 2 unspecified atom stereocenters. The molecule has 20 heteroatoms. The molecule has 3 aliphatic rings. The molecule has 51 heavy (non-hydrogen) atoms. The number of hydrogen-bond acceptors (Lipinski definition) is 14. The molecule has 0 saturated carbocycles. The molecular weight excluding hydrogens is 694 g/mol. The first kappa shape index (κ1) is 34.8. The second kappa shape index (κ2) is 14.4. The molecule has 3 amide bonds. The van der Waals surface area contributed by atoms with Gasteiger partial charge in [-0.2, -0.15) is 4.98 Å². The second-order valence-corrected chi connectivity index (χ2v) is 13.2. The summed E-state index contributed by atoms with van der Waals surface area (Å²) >= 11 is 1.27. The minimum atomic E-state index is -1.21. The number of amides is 3. The van der Waals surface area contributed by atoms with E-state index >= 15 is 0 Å². The lowest BCUT2D eigenvalue weighted by Gasteiger charge is -2.37. The second-order valence-electron chi connectivity index (χ2n) is 11.9. The lowest BCUT2D eigenvalue weighted by molar-refractivity contribution is -0.385. The zero-order valence-electron chi connectivity index (χ0n) is 26.7. The van der Waals surface area contributed by atoms with E-state index in [0.717, 1.165) is 0 Å². The molecule has 19 nitrogen and oxygen atoms in total. The number of non-ortho nitro benzene ring substituents is 2. The topological polar surface area (TPSA) is 251 Å². The van der Waals surface area contributed by atoms with Crippen LogP contribution >= 0.6 is 11.8 Å². The van der Waals surface area contributed by atoms with Crippen LogP contribution in [0.5, 0.6) is 0 Å². The number of carbonyl (C=O) groups excluding carboxylic acids is 3. The number of hydrogen-bond donors (Lipinski definition) is 2. The first-order chi connectivity index (χ1) is 24.4. The molecular formula is C31H29N7O12S. The fourth-order valence-electron chi connectivity index (χ4n) is 5.99. The summed E-state index contributed by atoms with van der Waals surface area (Å²) in [6, 6.07) is 9.97. The number of nitrogens with zero attached hydrogens (tertiary/aromatic N) is 6. The highest BCUT2D eigenvalue weighted by Crippen LogP contribution is 2.50. The maximum absolute atomic E-state index is 13.4. The number of aliphatic carboxylic acids is 1. The number of β-lactam (4-membered cyclic amide) rings is 1. The van der Waals surface area contributed by atoms with Gasteiger partial charge in [0.05, 0.1) is 22.4 Å². The third-order valence-electron chi connectivity index (χ3n) is 8.63. The molecule has 0 radical (unpaired) electrons. The van der Waals surface area contributed by atoms with E-state index in [1.807, 2.05) is 6.92 Å². The van der Waals surface area contributed by atoms with Crippen LogP contribution in [0.2, 0.25) is 0 Å². The number of likely N-dealkylation sites (tertiary alicyclic amines) is 1. The van der Waals surface area contributed by atoms with Gasteiger partial charge in [-0.25, -0.2) is 14.4 Å². The summed E-state index contributed by atoms with van der Waals surface area (Å²) in [6.07, 6.45) is -1.06. The van der Waals surface area contributed by atoms with Crippen molar-refractivity contribution < 1.29 is 48.1 Å². The van der Waals surface area contributed by atoms with Crippen molar-refractivity contribution >= 4 is 47.2 Å². The Labute approximate surface area is 291 Å². The lowest BCUT2D eigenvalue weighted by atomic mass is 9.94. The van der Waals surface area contributed by atoms with E-state index in [9.17, 15) is 44.5 Å². The molecule has 4 atom stereocenters. The molecule has 266 valence electrons. The predicted molar refractivity (Wildman–Crippen MR) is 172 cm³/mol. The van der Waals surface area contributed by atoms with E-state index in [4.69, 9.17) is 14.0 Å². The molecule has 0 bridgehead atoms. The first-order valence-corrected chi connectivity index (χ1v) is 16.4. The molecule has 0 spiro atoms. The van der Waals surface area contributed by atoms with Gasteiger partial charge in [0.2, 0.25) is 11.8 Å². The van der Waals surface area contributed by atoms with E-state index in [-0.39, 0.29) is 91.0 Å². The molecule has 2 N–H and O–H groups in total. The number of nitro benzene ring substituents is 2. The SMILES string of the molecule is CC1C(S[C@H]2C[C@@H](c3nc(CNC(=O)OCc4ccc([N+](=O)[O-])cc4)no3)N(C(=O)OCc3ccc([N+](=O)[O-])cc3)C2)=C(C(=O)O)N2C(=O)CC12. The van der Waals surface area contributed by atoms with Crippen LogP contribution in [0.4, 0.5) is 21.0 Å². The number of nitrogens with one attached hydrogen (secondary N) is 1. The Kier molecular flexibility index (Phi) is 9.85. The zero-order valence-corrected chi connectivity index (χ0v) is 27.5. The van der Waals surface area contributed by atoms with E-state index in [1.54, 1.807) is 0 Å². The number of thioether (sulfide) groups is 1. The number of rotatable bonds is 12. The average Bonchev–Trinajstić information content (AvgIpc) is 3.81. The van der Waals surface area contributed by atoms with E-state index in [1.165, 1.54) is 70.1 Å². The van der Waals surface area contributed by atoms with Gasteiger partial charge >= 0.3 is 18.2 Å². The molecule has 2 fully saturated rings. The number of ether oxygens (including phenoxy) is 2. The highest BCUT2D eigenvalue weighted by atomic mass is 32.2. The summed E-state index contributed by atoms with van der Waals surface area (Å²) < 4.78 is 16.2. The van der Waals surface area contributed by atoms with E-state index in [0.29, 0.717) is 16.0 Å². The first-order valence-electron chi connectivity index (χ1n) is 15.5. The van der Waals surface area contributed by atoms with Crippen molar-refractivity contribution in [1.29, 1.82) is 0 Å². The molecule has 6 rings (SSSR count). The smallest absolute Gasteiger partial charge is 0.410 e. The van der Waals surface area contributed by atoms with Crippen molar-refractivity contribution in [3.05, 3.63) is 102 Å². The third kappa shape index (κ3) is 7.44. The molecule has 1 aromatic heterocycles. The molecule has 3 aliphatic heterocycles. The number of nitro groups is 2. The zero-order chi connectivity index (χ0) is 36.4. The Balaban J connectivity index is 1.13. The van der Waals surface area contributed by atoms with Crippen LogP contribution in [-0.4, -0.2) is 76.8 Å². The number of aromatic nitrogens is 2. The quantitative estimate of drug-likeness (QED) is 0.152. The van der Waals surface area contributed by atoms with Crippen LogP contribution in [0.3, 0.4) is 0 Å². The predicted octanol–water partition coefficient (Wildman–Crippen LogP) is 4.04. The molecule has 2 aromatic carbocycles. The van der Waals surface area contributed by atoms with Crippen LogP contribution in [0.1, 0.15) is 48.6 Å². The van der Waals surface area contributed by atoms with Crippen LogP contribution in [0.15, 0.2) is 63.7 Å². The maximum atomic E-state index is 13.4. The summed E-state index contributed by atoms with van der Waals surface area (Å²) in [5.41, 5.74) is 0.757. The van der Waals surface area contributed by atoms with Crippen LogP contribution in [0.25, 0.3) is 0 Å². The number of fused-ring (bicyclic) bond motifs is 1. The van der Waals surface area contributed by atoms with Crippen molar-refractivity contribution in [2.24, 2.45) is 5.92 Å². The van der Waals surface area contributed by atoms with Gasteiger partial charge in [-0.05, 0) is 41.8 Å². The fourth-order valence-corrected chi connectivity index (χ4v) is 7.53. The van der Waals surface area contributed by atoms with Crippen molar-refractivity contribution in [2.75, 3.05) is 6.54 Å². The standard InChI is InChI=1S/C31H29N7O12S/c1-16-22-11-25(39)36(22)26(29(40)41)27(16)51-21-10-23(35(13-21)31(43)49-15-18-4-8-20(9-5-18)38(46)47)28-33-24(34-50-28)12-32-30(42)48-14-17-2-6-19(7-3-17)37(44)45/h2-9,16,21-23H,10-15H2,1H3,(H,32,42)(H,40,41)/t16?,21-,22?,23-/m0/s1. The maximum Gasteiger partial charge on any atom is 0.410 e. The summed E-state index contributed by atoms with van der Waals surface area (Å²) in [4.78, 5) is 78.5. The van der Waals surface area contributed by atoms with Crippen molar-refractivity contribution in [1.82, 2.24) is 25.3 Å². The molecule has 2 saturated heterocycles. The summed E-state index contributed by atoms with van der Waals surface area (Å²) in [7, 11) is 0. The third-order valence-corrected chi connectivity index (χ3v) is 10.1. The number of benzene rings is 2. The fraction of sp³-hybridized carbons (Fsp3) is 0.355. The molecule has 3 aromatic rings. The minimum Gasteiger partial charge on any atom is -0.477 e. The van der Waals surface area contributed by atoms with Gasteiger partial charge in [0.1, 0.15) is 25.0 Å². The Morgan fingerprint density at radius 2 is 1.63 bits per heavy atom. The van der Waals surface area contributed by atoms with Crippen LogP contribution in [-0.2, 0) is 38.8 Å². The molecule has 4 heterocycles. The van der Waals surface area contributed by atoms with E-state index < -0.39 is 34.0 Å². The Morgan fingerprint density at radius 1 is 1.02 bits per heavy atom. The van der Waals surface area contributed by atoms with Crippen molar-refractivity contribution in [3.63, 3.8) is 0 Å². The molecule has 0 aliphatic carbocycles. The highest BCUT2D eigenvalue weighted by molar-refractivity contribution is 8.03. The number of carboxylic acid groups (broad SMARTS) is 1. The Bertz CT molecular complexity index is 1920. The number of alkyl carbamates (subject to hydrolysis) is 1. The Hall–Kier alpha value is -6.05. The average molecular weight is 724 g/mol. The largest absolute Gasteiger partial charge is 0.477 e. The highest BCUT2D eigenvalue weighted by Gasteiger charge is 2.53. The monoisotopic (exact) mass is 723 g/mol. The van der Waals surface area contributed by atoms with Crippen LogP contribution in [0, 0.1) is 26.1 Å². The van der Waals surface area contributed by atoms with Gasteiger partial charge in [-0.1, -0.05) is 12.1 Å². The summed E-state index contributed by atoms with van der Waals surface area (Å²) in [5, 5.41) is 37.8. The Morgan fingerprint density at radius 3 is 2.20 bits per heavy atom. The van der Waals surface area contributed by atoms with Gasteiger partial charge in [-0.3, -0.25) is 29.9 Å².